The Balaban J connectivity index is 1.59. The van der Waals surface area contributed by atoms with Gasteiger partial charge in [-0.25, -0.2) is 13.5 Å². The first-order valence-corrected chi connectivity index (χ1v) is 10.8. The van der Waals surface area contributed by atoms with Crippen LogP contribution in [0, 0.1) is 19.8 Å². The predicted octanol–water partition coefficient (Wildman–Crippen LogP) is 6.39. The maximum Gasteiger partial charge on any atom is 0.333 e. The summed E-state index contributed by atoms with van der Waals surface area (Å²) in [7, 11) is 0. The molecule has 0 N–H and O–H groups in total. The van der Waals surface area contributed by atoms with Crippen molar-refractivity contribution in [2.75, 3.05) is 0 Å². The van der Waals surface area contributed by atoms with Crippen LogP contribution in [-0.4, -0.2) is 30.4 Å². The lowest BCUT2D eigenvalue weighted by Crippen LogP contribution is -2.26. The number of fused-ring (bicyclic) bond motifs is 1. The third kappa shape index (κ3) is 4.02. The van der Waals surface area contributed by atoms with Crippen molar-refractivity contribution in [1.82, 2.24) is 24.5 Å². The standard InChI is InChI=1S/C23H23F4N5O/c1-13-20(14(2)33-30-13)16-7-19-21(28-8-16)18(17-9-29-32(11-17)22(24)25)12-31(19)10-15-3-5-23(26,27)6-4-15/h7-9,11-12,15,22H,3-6,10H2,1-2H3. The van der Waals surface area contributed by atoms with Gasteiger partial charge in [0, 0.05) is 60.2 Å². The van der Waals surface area contributed by atoms with Crippen LogP contribution < -0.4 is 0 Å². The van der Waals surface area contributed by atoms with Crippen molar-refractivity contribution >= 4 is 11.0 Å². The molecule has 0 saturated heterocycles. The largest absolute Gasteiger partial charge is 0.361 e. The minimum absolute atomic E-state index is 0.0968. The molecular formula is C23H23F4N5O. The SMILES string of the molecule is Cc1noc(C)c1-c1cnc2c(-c3cnn(C(F)F)c3)cn(CC3CCC(F)(F)CC3)c2c1. The van der Waals surface area contributed by atoms with E-state index in [1.165, 1.54) is 12.4 Å². The molecular weight excluding hydrogens is 438 g/mol. The summed E-state index contributed by atoms with van der Waals surface area (Å²) >= 11 is 0. The van der Waals surface area contributed by atoms with Crippen LogP contribution in [0.3, 0.4) is 0 Å². The zero-order chi connectivity index (χ0) is 23.3. The van der Waals surface area contributed by atoms with Gasteiger partial charge in [0.05, 0.1) is 22.9 Å². The van der Waals surface area contributed by atoms with Gasteiger partial charge >= 0.3 is 6.55 Å². The first-order chi connectivity index (χ1) is 15.7. The van der Waals surface area contributed by atoms with E-state index >= 15 is 0 Å². The van der Waals surface area contributed by atoms with Crippen molar-refractivity contribution < 1.29 is 22.1 Å². The fourth-order valence-corrected chi connectivity index (χ4v) is 4.70. The van der Waals surface area contributed by atoms with Crippen LogP contribution in [0.2, 0.25) is 0 Å². The first kappa shape index (κ1) is 21.7. The quantitative estimate of drug-likeness (QED) is 0.323. The van der Waals surface area contributed by atoms with Crippen LogP contribution in [0.5, 0.6) is 0 Å². The lowest BCUT2D eigenvalue weighted by molar-refractivity contribution is -0.0472. The maximum absolute atomic E-state index is 13.6. The number of aryl methyl sites for hydroxylation is 2. The van der Waals surface area contributed by atoms with Gasteiger partial charge in [-0.2, -0.15) is 13.9 Å². The van der Waals surface area contributed by atoms with Crippen molar-refractivity contribution in [1.29, 1.82) is 0 Å². The van der Waals surface area contributed by atoms with Gasteiger partial charge in [-0.15, -0.1) is 0 Å². The second kappa shape index (κ2) is 8.00. The Labute approximate surface area is 187 Å². The van der Waals surface area contributed by atoms with Crippen molar-refractivity contribution in [3.63, 3.8) is 0 Å². The normalized spacial score (nSPS) is 16.8. The number of hydrogen-bond acceptors (Lipinski definition) is 4. The van der Waals surface area contributed by atoms with Crippen molar-refractivity contribution in [2.24, 2.45) is 5.92 Å². The Bertz CT molecular complexity index is 1280. The molecule has 0 aliphatic heterocycles. The third-order valence-corrected chi connectivity index (χ3v) is 6.44. The maximum atomic E-state index is 13.6. The van der Waals surface area contributed by atoms with E-state index in [2.05, 4.69) is 15.2 Å². The van der Waals surface area contributed by atoms with Gasteiger partial charge in [-0.1, -0.05) is 5.16 Å². The topological polar surface area (TPSA) is 61.7 Å². The summed E-state index contributed by atoms with van der Waals surface area (Å²) in [6, 6.07) is 1.97. The Kier molecular flexibility index (Phi) is 5.25. The predicted molar refractivity (Wildman–Crippen MR) is 114 cm³/mol. The number of alkyl halides is 4. The number of aromatic nitrogens is 5. The summed E-state index contributed by atoms with van der Waals surface area (Å²) in [4.78, 5) is 4.65. The van der Waals surface area contributed by atoms with Crippen LogP contribution in [0.15, 0.2) is 35.4 Å². The van der Waals surface area contributed by atoms with E-state index in [-0.39, 0.29) is 18.8 Å². The molecule has 5 rings (SSSR count). The number of pyridine rings is 1. The van der Waals surface area contributed by atoms with Crippen LogP contribution in [0.25, 0.3) is 33.3 Å². The monoisotopic (exact) mass is 461 g/mol. The number of hydrogen-bond donors (Lipinski definition) is 0. The summed E-state index contributed by atoms with van der Waals surface area (Å²) in [6.07, 6.45) is 6.87. The van der Waals surface area contributed by atoms with Crippen LogP contribution in [-0.2, 0) is 6.54 Å². The summed E-state index contributed by atoms with van der Waals surface area (Å²) in [5.74, 6) is -1.83. The molecule has 1 aliphatic carbocycles. The van der Waals surface area contributed by atoms with E-state index in [1.54, 1.807) is 6.20 Å². The number of rotatable bonds is 5. The highest BCUT2D eigenvalue weighted by Gasteiger charge is 2.35. The van der Waals surface area contributed by atoms with Gasteiger partial charge < -0.3 is 9.09 Å². The molecule has 1 aliphatic rings. The second-order valence-corrected chi connectivity index (χ2v) is 8.77. The highest BCUT2D eigenvalue weighted by atomic mass is 19.3. The van der Waals surface area contributed by atoms with E-state index in [4.69, 9.17) is 4.52 Å². The molecule has 4 aromatic rings. The van der Waals surface area contributed by atoms with Crippen molar-refractivity contribution in [3.05, 3.63) is 42.3 Å². The summed E-state index contributed by atoms with van der Waals surface area (Å²) < 4.78 is 61.3. The molecule has 0 unspecified atom stereocenters. The molecule has 174 valence electrons. The minimum Gasteiger partial charge on any atom is -0.361 e. The molecule has 10 heteroatoms. The smallest absolute Gasteiger partial charge is 0.333 e. The fraction of sp³-hybridized carbons (Fsp3) is 0.435. The molecule has 1 saturated carbocycles. The molecule has 33 heavy (non-hydrogen) atoms. The average Bonchev–Trinajstić information content (AvgIpc) is 3.47. The van der Waals surface area contributed by atoms with Crippen molar-refractivity contribution in [2.45, 2.75) is 58.5 Å². The van der Waals surface area contributed by atoms with Gasteiger partial charge in [-0.05, 0) is 38.7 Å². The molecule has 4 heterocycles. The molecule has 4 aromatic heterocycles. The first-order valence-electron chi connectivity index (χ1n) is 10.8. The molecule has 0 amide bonds. The lowest BCUT2D eigenvalue weighted by Gasteiger charge is -2.28. The van der Waals surface area contributed by atoms with E-state index in [9.17, 15) is 17.6 Å². The van der Waals surface area contributed by atoms with E-state index in [1.807, 2.05) is 30.7 Å². The lowest BCUT2D eigenvalue weighted by atomic mass is 9.87. The summed E-state index contributed by atoms with van der Waals surface area (Å²) in [6.45, 7) is 1.48. The summed E-state index contributed by atoms with van der Waals surface area (Å²) in [5.41, 5.74) is 5.03. The zero-order valence-corrected chi connectivity index (χ0v) is 18.2. The van der Waals surface area contributed by atoms with Crippen LogP contribution in [0.1, 0.15) is 43.7 Å². The Morgan fingerprint density at radius 1 is 1.12 bits per heavy atom. The van der Waals surface area contributed by atoms with E-state index < -0.39 is 12.5 Å². The van der Waals surface area contributed by atoms with Gasteiger partial charge in [0.25, 0.3) is 0 Å². The average molecular weight is 461 g/mol. The Morgan fingerprint density at radius 2 is 1.88 bits per heavy atom. The van der Waals surface area contributed by atoms with Crippen LogP contribution in [0.4, 0.5) is 17.6 Å². The molecule has 0 aromatic carbocycles. The third-order valence-electron chi connectivity index (χ3n) is 6.44. The van der Waals surface area contributed by atoms with Crippen LogP contribution >= 0.6 is 0 Å². The molecule has 0 radical (unpaired) electrons. The van der Waals surface area contributed by atoms with E-state index in [0.29, 0.717) is 46.5 Å². The minimum atomic E-state index is -2.74. The van der Waals surface area contributed by atoms with Gasteiger partial charge in [-0.3, -0.25) is 4.98 Å². The summed E-state index contributed by atoms with van der Waals surface area (Å²) in [5, 5.41) is 7.76. The number of nitrogens with zero attached hydrogens (tertiary/aromatic N) is 5. The van der Waals surface area contributed by atoms with E-state index in [0.717, 1.165) is 22.3 Å². The number of halogens is 4. The van der Waals surface area contributed by atoms with Gasteiger partial charge in [0.1, 0.15) is 5.76 Å². The molecule has 0 bridgehead atoms. The fourth-order valence-electron chi connectivity index (χ4n) is 4.70. The second-order valence-electron chi connectivity index (χ2n) is 8.77. The molecule has 0 spiro atoms. The Morgan fingerprint density at radius 3 is 2.52 bits per heavy atom. The Hall–Kier alpha value is -3.17. The molecule has 0 atom stereocenters. The van der Waals surface area contributed by atoms with Gasteiger partial charge in [0.2, 0.25) is 5.92 Å². The molecule has 1 fully saturated rings. The van der Waals surface area contributed by atoms with Crippen molar-refractivity contribution in [3.8, 4) is 22.3 Å². The highest BCUT2D eigenvalue weighted by Crippen LogP contribution is 2.39. The molecule has 6 nitrogen and oxygen atoms in total. The zero-order valence-electron chi connectivity index (χ0n) is 18.2. The highest BCUT2D eigenvalue weighted by molar-refractivity contribution is 5.94. The van der Waals surface area contributed by atoms with Gasteiger partial charge in [0.15, 0.2) is 0 Å².